The third-order valence-corrected chi connectivity index (χ3v) is 6.69. The van der Waals surface area contributed by atoms with Crippen LogP contribution < -0.4 is 4.74 Å². The van der Waals surface area contributed by atoms with Gasteiger partial charge in [-0.15, -0.1) is 11.3 Å². The fraction of sp³-hybridized carbons (Fsp3) is 0.320. The highest BCUT2D eigenvalue weighted by molar-refractivity contribution is 7.12. The summed E-state index contributed by atoms with van der Waals surface area (Å²) in [5.74, 6) is 0.720. The average Bonchev–Trinajstić information content (AvgIpc) is 3.25. The smallest absolute Gasteiger partial charge is 0.264 e. The zero-order valence-corrected chi connectivity index (χ0v) is 18.8. The number of amides is 1. The van der Waals surface area contributed by atoms with Crippen LogP contribution in [-0.2, 0) is 13.2 Å². The number of rotatable bonds is 6. The molecule has 0 atom stereocenters. The van der Waals surface area contributed by atoms with Crippen molar-refractivity contribution in [2.45, 2.75) is 27.0 Å². The van der Waals surface area contributed by atoms with Crippen molar-refractivity contribution < 1.29 is 13.9 Å². The molecule has 1 fully saturated rings. The summed E-state index contributed by atoms with van der Waals surface area (Å²) in [6.45, 7) is 8.42. The largest absolute Gasteiger partial charge is 0.489 e. The zero-order chi connectivity index (χ0) is 21.8. The van der Waals surface area contributed by atoms with E-state index in [4.69, 9.17) is 4.74 Å². The van der Waals surface area contributed by atoms with E-state index in [2.05, 4.69) is 24.8 Å². The lowest BCUT2D eigenvalue weighted by molar-refractivity contribution is 0.0633. The molecule has 162 valence electrons. The maximum atomic E-state index is 13.1. The van der Waals surface area contributed by atoms with Gasteiger partial charge in [0.05, 0.1) is 4.88 Å². The van der Waals surface area contributed by atoms with Gasteiger partial charge in [-0.3, -0.25) is 9.69 Å². The van der Waals surface area contributed by atoms with E-state index < -0.39 is 0 Å². The van der Waals surface area contributed by atoms with E-state index >= 15 is 0 Å². The molecule has 1 amide bonds. The molecule has 1 aliphatic rings. The molecule has 0 aliphatic carbocycles. The fourth-order valence-electron chi connectivity index (χ4n) is 3.65. The lowest BCUT2D eigenvalue weighted by atomic mass is 10.1. The van der Waals surface area contributed by atoms with Crippen molar-refractivity contribution in [3.8, 4) is 5.75 Å². The maximum absolute atomic E-state index is 13.1. The number of thiophene rings is 1. The normalized spacial score (nSPS) is 14.6. The Bertz CT molecular complexity index is 1040. The Morgan fingerprint density at radius 3 is 2.42 bits per heavy atom. The lowest BCUT2D eigenvalue weighted by Crippen LogP contribution is -2.48. The Labute approximate surface area is 186 Å². The molecule has 4 nitrogen and oxygen atoms in total. The minimum atomic E-state index is -0.214. The molecular weight excluding hydrogens is 411 g/mol. The van der Waals surface area contributed by atoms with E-state index in [0.29, 0.717) is 19.7 Å². The Morgan fingerprint density at radius 2 is 1.71 bits per heavy atom. The van der Waals surface area contributed by atoms with E-state index in [9.17, 15) is 9.18 Å². The molecule has 31 heavy (non-hydrogen) atoms. The number of ether oxygens (including phenoxy) is 1. The first-order valence-electron chi connectivity index (χ1n) is 10.5. The van der Waals surface area contributed by atoms with Crippen LogP contribution in [0, 0.1) is 19.7 Å². The van der Waals surface area contributed by atoms with Gasteiger partial charge in [-0.05, 0) is 66.2 Å². The molecule has 3 aromatic rings. The van der Waals surface area contributed by atoms with Gasteiger partial charge in [-0.25, -0.2) is 4.39 Å². The van der Waals surface area contributed by atoms with Gasteiger partial charge in [0.25, 0.3) is 5.91 Å². The Kier molecular flexibility index (Phi) is 6.68. The monoisotopic (exact) mass is 438 g/mol. The van der Waals surface area contributed by atoms with Crippen LogP contribution >= 0.6 is 11.3 Å². The molecule has 2 aromatic carbocycles. The van der Waals surface area contributed by atoms with Crippen LogP contribution in [-0.4, -0.2) is 41.9 Å². The molecule has 0 spiro atoms. The van der Waals surface area contributed by atoms with Gasteiger partial charge in [-0.2, -0.15) is 0 Å². The number of carbonyl (C=O) groups excluding carboxylic acids is 1. The number of hydrogen-bond acceptors (Lipinski definition) is 4. The SMILES string of the molecule is Cc1ccc(OCc2csc(C(=O)N3CCN(Cc4ccc(F)cc4)CC3)c2)cc1C. The van der Waals surface area contributed by atoms with Gasteiger partial charge in [-0.1, -0.05) is 18.2 Å². The summed E-state index contributed by atoms with van der Waals surface area (Å²) >= 11 is 1.48. The predicted molar refractivity (Wildman–Crippen MR) is 122 cm³/mol. The van der Waals surface area contributed by atoms with E-state index in [1.54, 1.807) is 0 Å². The Morgan fingerprint density at radius 1 is 0.968 bits per heavy atom. The first-order chi connectivity index (χ1) is 15.0. The Balaban J connectivity index is 1.27. The molecule has 6 heteroatoms. The molecule has 0 saturated carbocycles. The molecule has 1 aromatic heterocycles. The second kappa shape index (κ2) is 9.62. The number of piperazine rings is 1. The minimum Gasteiger partial charge on any atom is -0.489 e. The van der Waals surface area contributed by atoms with Crippen LogP contribution in [0.1, 0.15) is 31.9 Å². The molecule has 1 saturated heterocycles. The van der Waals surface area contributed by atoms with Crippen LogP contribution in [0.25, 0.3) is 0 Å². The van der Waals surface area contributed by atoms with Crippen LogP contribution in [0.3, 0.4) is 0 Å². The van der Waals surface area contributed by atoms with Crippen LogP contribution in [0.2, 0.25) is 0 Å². The van der Waals surface area contributed by atoms with Gasteiger partial charge in [0, 0.05) is 38.3 Å². The highest BCUT2D eigenvalue weighted by Crippen LogP contribution is 2.22. The molecular formula is C25H27FN2O2S. The number of carbonyl (C=O) groups is 1. The lowest BCUT2D eigenvalue weighted by Gasteiger charge is -2.34. The number of aryl methyl sites for hydroxylation is 2. The van der Waals surface area contributed by atoms with Gasteiger partial charge < -0.3 is 9.64 Å². The highest BCUT2D eigenvalue weighted by atomic mass is 32.1. The Hall–Kier alpha value is -2.70. The summed E-state index contributed by atoms with van der Waals surface area (Å²) in [7, 11) is 0. The van der Waals surface area contributed by atoms with Crippen molar-refractivity contribution in [1.82, 2.24) is 9.80 Å². The first kappa shape index (κ1) is 21.5. The molecule has 0 radical (unpaired) electrons. The average molecular weight is 439 g/mol. The summed E-state index contributed by atoms with van der Waals surface area (Å²) < 4.78 is 19.0. The van der Waals surface area contributed by atoms with E-state index in [0.717, 1.165) is 41.4 Å². The summed E-state index contributed by atoms with van der Waals surface area (Å²) in [6.07, 6.45) is 0. The standard InChI is InChI=1S/C25H27FN2O2S/c1-18-3-8-23(13-19(18)2)30-16-21-14-24(31-17-21)25(29)28-11-9-27(10-12-28)15-20-4-6-22(26)7-5-20/h3-8,13-14,17H,9-12,15-16H2,1-2H3. The van der Waals surface area contributed by atoms with Gasteiger partial charge >= 0.3 is 0 Å². The quantitative estimate of drug-likeness (QED) is 0.541. The molecule has 1 aliphatic heterocycles. The van der Waals surface area contributed by atoms with Crippen molar-refractivity contribution >= 4 is 17.2 Å². The topological polar surface area (TPSA) is 32.8 Å². The summed E-state index contributed by atoms with van der Waals surface area (Å²) in [5.41, 5.74) is 4.56. The molecule has 0 unspecified atom stereocenters. The van der Waals surface area contributed by atoms with Crippen molar-refractivity contribution in [2.75, 3.05) is 26.2 Å². The summed E-state index contributed by atoms with van der Waals surface area (Å²) in [5, 5.41) is 2.00. The van der Waals surface area contributed by atoms with Gasteiger partial charge in [0.2, 0.25) is 0 Å². The third kappa shape index (κ3) is 5.51. The fourth-order valence-corrected chi connectivity index (χ4v) is 4.51. The van der Waals surface area contributed by atoms with Crippen molar-refractivity contribution in [3.63, 3.8) is 0 Å². The van der Waals surface area contributed by atoms with Gasteiger partial charge in [0.1, 0.15) is 18.2 Å². The second-order valence-corrected chi connectivity index (χ2v) is 8.96. The molecule has 0 bridgehead atoms. The van der Waals surface area contributed by atoms with Gasteiger partial charge in [0.15, 0.2) is 0 Å². The van der Waals surface area contributed by atoms with E-state index in [1.807, 2.05) is 40.6 Å². The minimum absolute atomic E-state index is 0.0869. The maximum Gasteiger partial charge on any atom is 0.264 e. The summed E-state index contributed by atoms with van der Waals surface area (Å²) in [4.78, 5) is 17.9. The molecule has 4 rings (SSSR count). The number of halogens is 1. The highest BCUT2D eigenvalue weighted by Gasteiger charge is 2.23. The van der Waals surface area contributed by atoms with E-state index in [-0.39, 0.29) is 11.7 Å². The predicted octanol–water partition coefficient (Wildman–Crippen LogP) is 5.04. The van der Waals surface area contributed by atoms with Crippen molar-refractivity contribution in [1.29, 1.82) is 0 Å². The third-order valence-electron chi connectivity index (χ3n) is 5.73. The van der Waals surface area contributed by atoms with Crippen LogP contribution in [0.5, 0.6) is 5.75 Å². The zero-order valence-electron chi connectivity index (χ0n) is 17.9. The van der Waals surface area contributed by atoms with Crippen molar-refractivity contribution in [3.05, 3.63) is 86.9 Å². The molecule has 2 heterocycles. The van der Waals surface area contributed by atoms with Crippen LogP contribution in [0.4, 0.5) is 4.39 Å². The number of nitrogens with zero attached hydrogens (tertiary/aromatic N) is 2. The van der Waals surface area contributed by atoms with Crippen molar-refractivity contribution in [2.24, 2.45) is 0 Å². The first-order valence-corrected chi connectivity index (χ1v) is 11.4. The number of hydrogen-bond donors (Lipinski definition) is 0. The van der Waals surface area contributed by atoms with E-state index in [1.165, 1.54) is 34.6 Å². The molecule has 0 N–H and O–H groups in total. The van der Waals surface area contributed by atoms with Crippen LogP contribution in [0.15, 0.2) is 53.9 Å². The number of benzene rings is 2. The second-order valence-electron chi connectivity index (χ2n) is 8.05. The summed E-state index contributed by atoms with van der Waals surface area (Å²) in [6, 6.07) is 14.6.